The average Bonchev–Trinajstić information content (AvgIpc) is 3.04. The molecule has 3 aromatic rings. The van der Waals surface area contributed by atoms with Crippen LogP contribution in [0.2, 0.25) is 5.02 Å². The molecule has 0 saturated carbocycles. The van der Waals surface area contributed by atoms with Crippen molar-refractivity contribution in [3.8, 4) is 10.7 Å². The Bertz CT molecular complexity index is 1000. The maximum absolute atomic E-state index is 12.6. The summed E-state index contributed by atoms with van der Waals surface area (Å²) in [5.74, 6) is -0.480. The number of rotatable bonds is 4. The predicted octanol–water partition coefficient (Wildman–Crippen LogP) is 4.12. The van der Waals surface area contributed by atoms with Gasteiger partial charge in [0.2, 0.25) is 0 Å². The molecule has 3 rings (SSSR count). The van der Waals surface area contributed by atoms with Crippen LogP contribution in [0.5, 0.6) is 0 Å². The van der Waals surface area contributed by atoms with E-state index in [9.17, 15) is 9.59 Å². The molecule has 0 unspecified atom stereocenters. The number of pyridine rings is 1. The number of carbonyl (C=O) groups is 2. The van der Waals surface area contributed by atoms with Gasteiger partial charge in [0.1, 0.15) is 9.88 Å². The van der Waals surface area contributed by atoms with Crippen LogP contribution in [0.1, 0.15) is 25.7 Å². The summed E-state index contributed by atoms with van der Waals surface area (Å²) in [5, 5.41) is 3.76. The van der Waals surface area contributed by atoms with Crippen molar-refractivity contribution in [2.75, 3.05) is 19.4 Å². The number of nitrogens with zero attached hydrogens (tertiary/aromatic N) is 3. The Balaban J connectivity index is 1.81. The van der Waals surface area contributed by atoms with Crippen molar-refractivity contribution >= 4 is 40.4 Å². The fourth-order valence-electron chi connectivity index (χ4n) is 2.40. The first-order chi connectivity index (χ1) is 12.9. The summed E-state index contributed by atoms with van der Waals surface area (Å²) in [6, 6.07) is 10.4. The SMILES string of the molecule is Cc1nc(-c2ccccn2)sc1C(=O)Nc1ccc(C(=O)N(C)C)c(Cl)c1. The van der Waals surface area contributed by atoms with Crippen LogP contribution in [0.25, 0.3) is 10.7 Å². The monoisotopic (exact) mass is 400 g/mol. The Hall–Kier alpha value is -2.77. The van der Waals surface area contributed by atoms with Crippen LogP contribution in [0.15, 0.2) is 42.6 Å². The van der Waals surface area contributed by atoms with Gasteiger partial charge in [0.05, 0.1) is 22.0 Å². The lowest BCUT2D eigenvalue weighted by atomic mass is 10.2. The third-order valence-corrected chi connectivity index (χ3v) is 5.24. The molecule has 0 aliphatic carbocycles. The van der Waals surface area contributed by atoms with Crippen molar-refractivity contribution in [3.05, 3.63) is 63.8 Å². The van der Waals surface area contributed by atoms with Crippen molar-refractivity contribution < 1.29 is 9.59 Å². The van der Waals surface area contributed by atoms with E-state index in [0.29, 0.717) is 26.8 Å². The van der Waals surface area contributed by atoms with Gasteiger partial charge in [-0.15, -0.1) is 11.3 Å². The number of amides is 2. The number of anilines is 1. The van der Waals surface area contributed by atoms with Crippen LogP contribution >= 0.6 is 22.9 Å². The maximum Gasteiger partial charge on any atom is 0.267 e. The smallest absolute Gasteiger partial charge is 0.267 e. The van der Waals surface area contributed by atoms with E-state index >= 15 is 0 Å². The second kappa shape index (κ2) is 7.85. The van der Waals surface area contributed by atoms with E-state index in [1.807, 2.05) is 18.2 Å². The molecule has 2 heterocycles. The van der Waals surface area contributed by atoms with Crippen LogP contribution in [0, 0.1) is 6.92 Å². The Kier molecular flexibility index (Phi) is 5.53. The molecule has 2 amide bonds. The van der Waals surface area contributed by atoms with E-state index in [4.69, 9.17) is 11.6 Å². The van der Waals surface area contributed by atoms with Gasteiger partial charge < -0.3 is 10.2 Å². The minimum absolute atomic E-state index is 0.198. The lowest BCUT2D eigenvalue weighted by molar-refractivity contribution is 0.0827. The zero-order chi connectivity index (χ0) is 19.6. The highest BCUT2D eigenvalue weighted by Crippen LogP contribution is 2.28. The van der Waals surface area contributed by atoms with E-state index in [2.05, 4.69) is 15.3 Å². The van der Waals surface area contributed by atoms with E-state index in [1.54, 1.807) is 45.4 Å². The molecule has 6 nitrogen and oxygen atoms in total. The second-order valence-corrected chi connectivity index (χ2v) is 7.40. The van der Waals surface area contributed by atoms with Crippen molar-refractivity contribution in [2.45, 2.75) is 6.92 Å². The van der Waals surface area contributed by atoms with Gasteiger partial charge in [0.15, 0.2) is 0 Å². The molecule has 2 aromatic heterocycles. The quantitative estimate of drug-likeness (QED) is 0.714. The Morgan fingerprint density at radius 1 is 1.19 bits per heavy atom. The summed E-state index contributed by atoms with van der Waals surface area (Å²) < 4.78 is 0. The fraction of sp³-hybridized carbons (Fsp3) is 0.158. The largest absolute Gasteiger partial charge is 0.345 e. The van der Waals surface area contributed by atoms with Crippen LogP contribution in [-0.4, -0.2) is 40.8 Å². The fourth-order valence-corrected chi connectivity index (χ4v) is 3.60. The lowest BCUT2D eigenvalue weighted by Crippen LogP contribution is -2.22. The average molecular weight is 401 g/mol. The number of hydrogen-bond acceptors (Lipinski definition) is 5. The summed E-state index contributed by atoms with van der Waals surface area (Å²) >= 11 is 7.47. The van der Waals surface area contributed by atoms with E-state index < -0.39 is 0 Å². The van der Waals surface area contributed by atoms with E-state index in [0.717, 1.165) is 5.69 Å². The number of carbonyl (C=O) groups excluding carboxylic acids is 2. The Morgan fingerprint density at radius 3 is 2.59 bits per heavy atom. The number of thiazole rings is 1. The third kappa shape index (κ3) is 4.15. The molecule has 8 heteroatoms. The minimum atomic E-state index is -0.282. The maximum atomic E-state index is 12.6. The summed E-state index contributed by atoms with van der Waals surface area (Å²) in [4.78, 5) is 35.3. The molecule has 1 N–H and O–H groups in total. The van der Waals surface area contributed by atoms with Gasteiger partial charge in [0, 0.05) is 26.0 Å². The number of aromatic nitrogens is 2. The number of aryl methyl sites for hydroxylation is 1. The summed E-state index contributed by atoms with van der Waals surface area (Å²) in [6.45, 7) is 1.78. The molecule has 0 atom stereocenters. The molecule has 0 aliphatic heterocycles. The van der Waals surface area contributed by atoms with Crippen molar-refractivity contribution in [1.29, 1.82) is 0 Å². The molecular formula is C19H17ClN4O2S. The van der Waals surface area contributed by atoms with Gasteiger partial charge in [-0.05, 0) is 37.3 Å². The van der Waals surface area contributed by atoms with Crippen molar-refractivity contribution in [2.24, 2.45) is 0 Å². The highest BCUT2D eigenvalue weighted by atomic mass is 35.5. The second-order valence-electron chi connectivity index (χ2n) is 6.00. The minimum Gasteiger partial charge on any atom is -0.345 e. The molecule has 0 bridgehead atoms. The number of halogens is 1. The van der Waals surface area contributed by atoms with Gasteiger partial charge in [-0.3, -0.25) is 14.6 Å². The summed E-state index contributed by atoms with van der Waals surface area (Å²) in [6.07, 6.45) is 1.68. The number of benzene rings is 1. The molecule has 0 saturated heterocycles. The third-order valence-electron chi connectivity index (χ3n) is 3.75. The van der Waals surface area contributed by atoms with Gasteiger partial charge in [-0.2, -0.15) is 0 Å². The normalized spacial score (nSPS) is 10.5. The highest BCUT2D eigenvalue weighted by molar-refractivity contribution is 7.17. The zero-order valence-electron chi connectivity index (χ0n) is 15.0. The van der Waals surface area contributed by atoms with Crippen LogP contribution in [0.3, 0.4) is 0 Å². The van der Waals surface area contributed by atoms with E-state index in [-0.39, 0.29) is 16.8 Å². The first-order valence-electron chi connectivity index (χ1n) is 8.08. The van der Waals surface area contributed by atoms with Crippen LogP contribution in [-0.2, 0) is 0 Å². The Labute approximate surface area is 165 Å². The standard InChI is InChI=1S/C19H17ClN4O2S/c1-11-16(27-18(22-11)15-6-4-5-9-21-15)17(25)23-12-7-8-13(14(20)10-12)19(26)24(2)3/h4-10H,1-3H3,(H,23,25). The Morgan fingerprint density at radius 2 is 1.96 bits per heavy atom. The van der Waals surface area contributed by atoms with Crippen molar-refractivity contribution in [1.82, 2.24) is 14.9 Å². The molecule has 0 radical (unpaired) electrons. The van der Waals surface area contributed by atoms with Gasteiger partial charge in [-0.1, -0.05) is 17.7 Å². The molecule has 27 heavy (non-hydrogen) atoms. The van der Waals surface area contributed by atoms with Crippen LogP contribution < -0.4 is 5.32 Å². The molecule has 1 aromatic carbocycles. The molecular weight excluding hydrogens is 384 g/mol. The molecule has 0 fully saturated rings. The van der Waals surface area contributed by atoms with Gasteiger partial charge in [-0.25, -0.2) is 4.98 Å². The topological polar surface area (TPSA) is 75.2 Å². The van der Waals surface area contributed by atoms with Gasteiger partial charge >= 0.3 is 0 Å². The zero-order valence-corrected chi connectivity index (χ0v) is 16.6. The van der Waals surface area contributed by atoms with Crippen molar-refractivity contribution in [3.63, 3.8) is 0 Å². The number of nitrogens with one attached hydrogen (secondary N) is 1. The molecule has 138 valence electrons. The lowest BCUT2D eigenvalue weighted by Gasteiger charge is -2.12. The molecule has 0 spiro atoms. The van der Waals surface area contributed by atoms with Gasteiger partial charge in [0.25, 0.3) is 11.8 Å². The summed E-state index contributed by atoms with van der Waals surface area (Å²) in [7, 11) is 3.31. The van der Waals surface area contributed by atoms with E-state index in [1.165, 1.54) is 16.2 Å². The predicted molar refractivity (Wildman–Crippen MR) is 108 cm³/mol. The first kappa shape index (κ1) is 19.0. The highest BCUT2D eigenvalue weighted by Gasteiger charge is 2.18. The summed E-state index contributed by atoms with van der Waals surface area (Å²) in [5.41, 5.74) is 2.24. The van der Waals surface area contributed by atoms with Crippen LogP contribution in [0.4, 0.5) is 5.69 Å². The first-order valence-corrected chi connectivity index (χ1v) is 9.27. The molecule has 0 aliphatic rings. The number of hydrogen-bond donors (Lipinski definition) is 1.